The van der Waals surface area contributed by atoms with E-state index in [4.69, 9.17) is 4.74 Å². The molecule has 3 N–H and O–H groups in total. The van der Waals surface area contributed by atoms with Gasteiger partial charge in [0.25, 0.3) is 11.8 Å². The Kier molecular flexibility index (Phi) is 10.9. The van der Waals surface area contributed by atoms with Gasteiger partial charge in [0.15, 0.2) is 6.61 Å². The molecule has 34 heavy (non-hydrogen) atoms. The summed E-state index contributed by atoms with van der Waals surface area (Å²) in [6.45, 7) is 9.09. The minimum Gasteiger partial charge on any atom is -0.508 e. The Morgan fingerprint density at radius 2 is 1.82 bits per heavy atom. The summed E-state index contributed by atoms with van der Waals surface area (Å²) < 4.78 is 5.45. The lowest BCUT2D eigenvalue weighted by Crippen LogP contribution is -2.47. The number of allylic oxidation sites excluding steroid dienone is 1. The summed E-state index contributed by atoms with van der Waals surface area (Å²) in [4.78, 5) is 41.4. The molecule has 2 bridgehead atoms. The van der Waals surface area contributed by atoms with E-state index >= 15 is 0 Å². The number of aromatic hydroxyl groups is 1. The molecular weight excluding hydrogens is 436 g/mol. The molecular formula is C25H38N4O5. The normalized spacial score (nSPS) is 20.1. The van der Waals surface area contributed by atoms with E-state index in [0.717, 1.165) is 38.9 Å². The van der Waals surface area contributed by atoms with Crippen LogP contribution in [0.2, 0.25) is 0 Å². The van der Waals surface area contributed by atoms with E-state index in [1.807, 2.05) is 0 Å². The second-order valence-electron chi connectivity index (χ2n) is 8.95. The molecule has 1 aromatic carbocycles. The molecule has 0 aliphatic carbocycles. The molecule has 0 radical (unpaired) electrons. The van der Waals surface area contributed by atoms with Crippen LogP contribution < -0.4 is 15.4 Å². The molecule has 0 saturated carbocycles. The fourth-order valence-electron chi connectivity index (χ4n) is 3.63. The highest BCUT2D eigenvalue weighted by atomic mass is 16.5. The van der Waals surface area contributed by atoms with E-state index in [2.05, 4.69) is 35.5 Å². The number of carbonyl (C=O) groups is 3. The van der Waals surface area contributed by atoms with Crippen molar-refractivity contribution in [1.82, 2.24) is 20.4 Å². The zero-order chi connectivity index (χ0) is 25.1. The Morgan fingerprint density at radius 1 is 1.12 bits per heavy atom. The molecule has 1 heterocycles. The number of nitrogens with zero attached hydrogens (tertiary/aromatic N) is 2. The highest BCUT2D eigenvalue weighted by molar-refractivity contribution is 5.95. The minimum atomic E-state index is -0.689. The number of hydrogen-bond acceptors (Lipinski definition) is 6. The first-order valence-electron chi connectivity index (χ1n) is 11.8. The van der Waals surface area contributed by atoms with Gasteiger partial charge in [0.1, 0.15) is 17.5 Å². The number of rotatable bonds is 2. The minimum absolute atomic E-state index is 0.136. The highest BCUT2D eigenvalue weighted by Crippen LogP contribution is 2.22. The van der Waals surface area contributed by atoms with Gasteiger partial charge in [-0.25, -0.2) is 0 Å². The second kappa shape index (κ2) is 13.6. The number of hydrogen-bond donors (Lipinski definition) is 3. The van der Waals surface area contributed by atoms with Crippen LogP contribution in [0.5, 0.6) is 11.5 Å². The topological polar surface area (TPSA) is 111 Å². The molecule has 0 spiro atoms. The van der Waals surface area contributed by atoms with Gasteiger partial charge in [-0.1, -0.05) is 11.6 Å². The largest absolute Gasteiger partial charge is 0.508 e. The smallest absolute Gasteiger partial charge is 0.258 e. The molecule has 0 aromatic heterocycles. The quantitative estimate of drug-likeness (QED) is 0.565. The maximum atomic E-state index is 12.6. The van der Waals surface area contributed by atoms with E-state index < -0.39 is 11.9 Å². The van der Waals surface area contributed by atoms with Crippen LogP contribution in [0.4, 0.5) is 0 Å². The number of ether oxygens (including phenoxy) is 1. The number of fused-ring (bicyclic) bond motifs is 2. The third-order valence-corrected chi connectivity index (χ3v) is 5.56. The van der Waals surface area contributed by atoms with Crippen LogP contribution in [-0.2, 0) is 9.59 Å². The zero-order valence-corrected chi connectivity index (χ0v) is 20.7. The van der Waals surface area contributed by atoms with Gasteiger partial charge in [-0.3, -0.25) is 19.3 Å². The van der Waals surface area contributed by atoms with E-state index in [0.29, 0.717) is 13.1 Å². The SMILES string of the molecule is CC(C)=CCN1CCCCN(C)C(=O)[C@H](C)NC(=O)COc2cc(O)cc(c2)C(=O)NCCC1. The van der Waals surface area contributed by atoms with Crippen LogP contribution in [0.3, 0.4) is 0 Å². The van der Waals surface area contributed by atoms with Crippen molar-refractivity contribution in [3.05, 3.63) is 35.4 Å². The first-order chi connectivity index (χ1) is 16.2. The van der Waals surface area contributed by atoms with Crippen LogP contribution in [-0.4, -0.2) is 85.0 Å². The number of benzene rings is 1. The molecule has 1 atom stereocenters. The van der Waals surface area contributed by atoms with Gasteiger partial charge in [0.2, 0.25) is 5.91 Å². The molecule has 1 aromatic rings. The van der Waals surface area contributed by atoms with Crippen LogP contribution in [0.15, 0.2) is 29.8 Å². The second-order valence-corrected chi connectivity index (χ2v) is 8.95. The van der Waals surface area contributed by atoms with Crippen LogP contribution in [0.1, 0.15) is 50.4 Å². The van der Waals surface area contributed by atoms with Gasteiger partial charge in [-0.05, 0) is 58.7 Å². The molecule has 3 amide bonds. The lowest BCUT2D eigenvalue weighted by Gasteiger charge is -2.24. The lowest BCUT2D eigenvalue weighted by molar-refractivity contribution is -0.135. The Labute approximate surface area is 202 Å². The third kappa shape index (κ3) is 9.43. The fourth-order valence-corrected chi connectivity index (χ4v) is 3.63. The Morgan fingerprint density at radius 3 is 2.56 bits per heavy atom. The first-order valence-corrected chi connectivity index (χ1v) is 11.8. The van der Waals surface area contributed by atoms with Crippen molar-refractivity contribution in [1.29, 1.82) is 0 Å². The number of amides is 3. The molecule has 1 aliphatic heterocycles. The van der Waals surface area contributed by atoms with E-state index in [1.54, 1.807) is 18.9 Å². The molecule has 1 aliphatic rings. The standard InChI is InChI=1S/C25H38N4O5/c1-18(2)8-13-29-11-6-5-10-28(4)25(33)19(3)27-23(31)17-34-22-15-20(14-21(30)16-22)24(32)26-9-7-12-29/h8,14-16,19,30H,5-7,9-13,17H2,1-4H3,(H,26,32)(H,27,31)/t19-/m0/s1. The van der Waals surface area contributed by atoms with Gasteiger partial charge in [-0.15, -0.1) is 0 Å². The molecule has 0 unspecified atom stereocenters. The van der Waals surface area contributed by atoms with Gasteiger partial charge in [0, 0.05) is 44.9 Å². The zero-order valence-electron chi connectivity index (χ0n) is 20.7. The number of likely N-dealkylation sites (N-methyl/N-ethyl adjacent to an activating group) is 1. The number of phenolic OH excluding ortho intramolecular Hbond substituents is 1. The van der Waals surface area contributed by atoms with Crippen LogP contribution in [0, 0.1) is 0 Å². The third-order valence-electron chi connectivity index (χ3n) is 5.56. The van der Waals surface area contributed by atoms with Gasteiger partial charge >= 0.3 is 0 Å². The van der Waals surface area contributed by atoms with Gasteiger partial charge in [-0.2, -0.15) is 0 Å². The monoisotopic (exact) mass is 474 g/mol. The van der Waals surface area contributed by atoms with Crippen molar-refractivity contribution in [2.75, 3.05) is 46.4 Å². The van der Waals surface area contributed by atoms with E-state index in [9.17, 15) is 19.5 Å². The Bertz CT molecular complexity index is 882. The Hall–Kier alpha value is -3.07. The summed E-state index contributed by atoms with van der Waals surface area (Å²) in [6, 6.07) is 3.47. The van der Waals surface area contributed by atoms with Crippen molar-refractivity contribution >= 4 is 17.7 Å². The summed E-state index contributed by atoms with van der Waals surface area (Å²) in [5, 5.41) is 15.5. The maximum Gasteiger partial charge on any atom is 0.258 e. The Balaban J connectivity index is 2.13. The number of phenols is 1. The number of carbonyl (C=O) groups excluding carboxylic acids is 3. The molecule has 9 heteroatoms. The average molecular weight is 475 g/mol. The van der Waals surface area contributed by atoms with Gasteiger partial charge in [0.05, 0.1) is 0 Å². The van der Waals surface area contributed by atoms with Crippen molar-refractivity contribution in [3.63, 3.8) is 0 Å². The predicted molar refractivity (Wildman–Crippen MR) is 131 cm³/mol. The van der Waals surface area contributed by atoms with Crippen molar-refractivity contribution in [2.45, 2.75) is 46.1 Å². The molecule has 0 fully saturated rings. The summed E-state index contributed by atoms with van der Waals surface area (Å²) >= 11 is 0. The number of nitrogens with one attached hydrogen (secondary N) is 2. The van der Waals surface area contributed by atoms with E-state index in [-0.39, 0.29) is 35.5 Å². The summed E-state index contributed by atoms with van der Waals surface area (Å²) in [5.74, 6) is -0.895. The molecule has 2 rings (SSSR count). The fraction of sp³-hybridized carbons (Fsp3) is 0.560. The molecule has 9 nitrogen and oxygen atoms in total. The van der Waals surface area contributed by atoms with Gasteiger partial charge < -0.3 is 25.4 Å². The summed E-state index contributed by atoms with van der Waals surface area (Å²) in [5.41, 5.74) is 1.50. The molecule has 188 valence electrons. The van der Waals surface area contributed by atoms with Crippen molar-refractivity contribution < 1.29 is 24.2 Å². The first kappa shape index (κ1) is 27.2. The summed E-state index contributed by atoms with van der Waals surface area (Å²) in [6.07, 6.45) is 4.75. The van der Waals surface area contributed by atoms with Crippen molar-refractivity contribution in [2.24, 2.45) is 0 Å². The highest BCUT2D eigenvalue weighted by Gasteiger charge is 2.20. The predicted octanol–water partition coefficient (Wildman–Crippen LogP) is 1.92. The van der Waals surface area contributed by atoms with E-state index in [1.165, 1.54) is 23.8 Å². The average Bonchev–Trinajstić information content (AvgIpc) is 2.78. The van der Waals surface area contributed by atoms with Crippen molar-refractivity contribution in [3.8, 4) is 11.5 Å². The molecule has 0 saturated heterocycles. The van der Waals surface area contributed by atoms with Crippen LogP contribution in [0.25, 0.3) is 0 Å². The lowest BCUT2D eigenvalue weighted by atomic mass is 10.2. The van der Waals surface area contributed by atoms with Crippen LogP contribution >= 0.6 is 0 Å². The summed E-state index contributed by atoms with van der Waals surface area (Å²) in [7, 11) is 1.74. The maximum absolute atomic E-state index is 12.6.